The molecular weight excluding hydrogens is 312 g/mol. The molecule has 1 N–H and O–H groups in total. The molecule has 1 aromatic heterocycles. The average molecular weight is 330 g/mol. The van der Waals surface area contributed by atoms with E-state index in [1.807, 2.05) is 4.72 Å². The molecule has 0 saturated heterocycles. The Labute approximate surface area is 128 Å². The molecule has 0 aromatic carbocycles. The smallest absolute Gasteiger partial charge is 0.303 e. The van der Waals surface area contributed by atoms with Gasteiger partial charge < -0.3 is 9.47 Å². The third kappa shape index (κ3) is 6.64. The van der Waals surface area contributed by atoms with Crippen LogP contribution in [-0.4, -0.2) is 44.7 Å². The third-order valence-electron chi connectivity index (χ3n) is 2.52. The summed E-state index contributed by atoms with van der Waals surface area (Å²) >= 11 is 0. The number of sulfonamides is 1. The van der Waals surface area contributed by atoms with Crippen molar-refractivity contribution in [2.75, 3.05) is 19.5 Å². The number of carbonyl (C=O) groups excluding carboxylic acids is 2. The number of nitrogens with one attached hydrogen (secondary N) is 1. The van der Waals surface area contributed by atoms with E-state index in [4.69, 9.17) is 9.47 Å². The summed E-state index contributed by atoms with van der Waals surface area (Å²) in [4.78, 5) is 26.4. The molecule has 0 fully saturated rings. The van der Waals surface area contributed by atoms with Gasteiger partial charge in [0.1, 0.15) is 6.61 Å². The Hall–Kier alpha value is -2.00. The highest BCUT2D eigenvalue weighted by Gasteiger charge is 2.16. The molecule has 1 rings (SSSR count). The first-order valence-electron chi connectivity index (χ1n) is 6.46. The molecule has 0 bridgehead atoms. The first kappa shape index (κ1) is 18.1. The summed E-state index contributed by atoms with van der Waals surface area (Å²) in [7, 11) is -2.24. The predicted octanol–water partition coefficient (Wildman–Crippen LogP) is 0.241. The summed E-state index contributed by atoms with van der Waals surface area (Å²) in [5, 5.41) is 0. The van der Waals surface area contributed by atoms with Gasteiger partial charge in [0.05, 0.1) is 17.0 Å². The standard InChI is InChI=1S/C13H18N2O6S/c1-10(16)21-9-12-5-4-11(8-14-12)13(17)15-22(18,19)7-3-6-20-2/h4-5,8H,3,6-7,9H2,1-2H3,(H,15,17). The van der Waals surface area contributed by atoms with Crippen molar-refractivity contribution in [1.29, 1.82) is 0 Å². The van der Waals surface area contributed by atoms with E-state index in [9.17, 15) is 18.0 Å². The quantitative estimate of drug-likeness (QED) is 0.537. The summed E-state index contributed by atoms with van der Waals surface area (Å²) in [6.07, 6.45) is 1.51. The molecule has 0 saturated carbocycles. The van der Waals surface area contributed by atoms with Gasteiger partial charge in [-0.25, -0.2) is 13.1 Å². The summed E-state index contributed by atoms with van der Waals surface area (Å²) in [6.45, 7) is 1.56. The second-order valence-electron chi connectivity index (χ2n) is 4.41. The van der Waals surface area contributed by atoms with Gasteiger partial charge in [0, 0.05) is 26.8 Å². The molecule has 0 radical (unpaired) electrons. The third-order valence-corrected chi connectivity index (χ3v) is 3.84. The number of pyridine rings is 1. The molecule has 0 unspecified atom stereocenters. The van der Waals surface area contributed by atoms with E-state index in [1.165, 1.54) is 32.4 Å². The van der Waals surface area contributed by atoms with Crippen LogP contribution in [0.15, 0.2) is 18.3 Å². The highest BCUT2D eigenvalue weighted by Crippen LogP contribution is 2.03. The molecule has 122 valence electrons. The molecule has 22 heavy (non-hydrogen) atoms. The number of aromatic nitrogens is 1. The number of nitrogens with zero attached hydrogens (tertiary/aromatic N) is 1. The number of carbonyl (C=O) groups is 2. The number of hydrogen-bond donors (Lipinski definition) is 1. The van der Waals surface area contributed by atoms with E-state index < -0.39 is 21.9 Å². The van der Waals surface area contributed by atoms with E-state index in [0.717, 1.165) is 0 Å². The lowest BCUT2D eigenvalue weighted by atomic mass is 10.2. The van der Waals surface area contributed by atoms with Crippen LogP contribution in [0.5, 0.6) is 0 Å². The molecule has 0 aliphatic rings. The van der Waals surface area contributed by atoms with Gasteiger partial charge >= 0.3 is 5.97 Å². The van der Waals surface area contributed by atoms with Crippen molar-refractivity contribution in [1.82, 2.24) is 9.71 Å². The average Bonchev–Trinajstić information content (AvgIpc) is 2.45. The first-order valence-corrected chi connectivity index (χ1v) is 8.11. The topological polar surface area (TPSA) is 112 Å². The predicted molar refractivity (Wildman–Crippen MR) is 77.5 cm³/mol. The maximum absolute atomic E-state index is 11.8. The zero-order valence-corrected chi connectivity index (χ0v) is 13.2. The fourth-order valence-corrected chi connectivity index (χ4v) is 2.46. The molecule has 9 heteroatoms. The lowest BCUT2D eigenvalue weighted by Gasteiger charge is -2.07. The van der Waals surface area contributed by atoms with Crippen LogP contribution in [0.3, 0.4) is 0 Å². The molecule has 0 aliphatic carbocycles. The second-order valence-corrected chi connectivity index (χ2v) is 6.26. The Bertz CT molecular complexity index is 612. The van der Waals surface area contributed by atoms with E-state index in [-0.39, 0.29) is 17.9 Å². The molecule has 1 aromatic rings. The Morgan fingerprint density at radius 3 is 2.59 bits per heavy atom. The Morgan fingerprint density at radius 2 is 2.05 bits per heavy atom. The normalized spacial score (nSPS) is 11.0. The van der Waals surface area contributed by atoms with E-state index >= 15 is 0 Å². The molecule has 0 spiro atoms. The lowest BCUT2D eigenvalue weighted by Crippen LogP contribution is -2.33. The maximum Gasteiger partial charge on any atom is 0.303 e. The second kappa shape index (κ2) is 8.44. The molecule has 0 atom stereocenters. The highest BCUT2D eigenvalue weighted by molar-refractivity contribution is 7.90. The molecule has 1 amide bonds. The van der Waals surface area contributed by atoms with Gasteiger partial charge in [-0.15, -0.1) is 0 Å². The van der Waals surface area contributed by atoms with Gasteiger partial charge in [-0.2, -0.15) is 0 Å². The van der Waals surface area contributed by atoms with Crippen molar-refractivity contribution in [3.8, 4) is 0 Å². The Kier molecular flexibility index (Phi) is 6.93. The lowest BCUT2D eigenvalue weighted by molar-refractivity contribution is -0.142. The fourth-order valence-electron chi connectivity index (χ4n) is 1.46. The molecule has 8 nitrogen and oxygen atoms in total. The van der Waals surface area contributed by atoms with Crippen LogP contribution in [0.4, 0.5) is 0 Å². The minimum atomic E-state index is -3.71. The van der Waals surface area contributed by atoms with Gasteiger partial charge in [-0.3, -0.25) is 14.6 Å². The van der Waals surface area contributed by atoms with Gasteiger partial charge in [-0.05, 0) is 18.6 Å². The minimum Gasteiger partial charge on any atom is -0.459 e. The number of hydrogen-bond acceptors (Lipinski definition) is 7. The number of rotatable bonds is 8. The highest BCUT2D eigenvalue weighted by atomic mass is 32.2. The van der Waals surface area contributed by atoms with Crippen LogP contribution in [0, 0.1) is 0 Å². The number of amides is 1. The van der Waals surface area contributed by atoms with E-state index in [1.54, 1.807) is 0 Å². The molecule has 0 aliphatic heterocycles. The van der Waals surface area contributed by atoms with Gasteiger partial charge in [-0.1, -0.05) is 0 Å². The Morgan fingerprint density at radius 1 is 1.32 bits per heavy atom. The maximum atomic E-state index is 11.8. The van der Waals surface area contributed by atoms with Gasteiger partial charge in [0.15, 0.2) is 0 Å². The van der Waals surface area contributed by atoms with E-state index in [2.05, 4.69) is 4.98 Å². The van der Waals surface area contributed by atoms with Crippen molar-refractivity contribution in [3.63, 3.8) is 0 Å². The zero-order valence-electron chi connectivity index (χ0n) is 12.4. The first-order chi connectivity index (χ1) is 10.3. The van der Waals surface area contributed by atoms with Crippen LogP contribution in [0.1, 0.15) is 29.4 Å². The van der Waals surface area contributed by atoms with E-state index in [0.29, 0.717) is 18.7 Å². The zero-order chi connectivity index (χ0) is 16.6. The SMILES string of the molecule is COCCCS(=O)(=O)NC(=O)c1ccc(COC(C)=O)nc1. The van der Waals surface area contributed by atoms with Crippen LogP contribution >= 0.6 is 0 Å². The van der Waals surface area contributed by atoms with Crippen LogP contribution in [0.2, 0.25) is 0 Å². The van der Waals surface area contributed by atoms with Crippen LogP contribution in [0.25, 0.3) is 0 Å². The van der Waals surface area contributed by atoms with Crippen molar-refractivity contribution < 1.29 is 27.5 Å². The number of methoxy groups -OCH3 is 1. The van der Waals surface area contributed by atoms with Crippen molar-refractivity contribution in [2.24, 2.45) is 0 Å². The van der Waals surface area contributed by atoms with Gasteiger partial charge in [0.25, 0.3) is 5.91 Å². The molecule has 1 heterocycles. The molecular formula is C13H18N2O6S. The fraction of sp³-hybridized carbons (Fsp3) is 0.462. The monoisotopic (exact) mass is 330 g/mol. The van der Waals surface area contributed by atoms with Crippen molar-refractivity contribution in [3.05, 3.63) is 29.6 Å². The number of ether oxygens (including phenoxy) is 2. The van der Waals surface area contributed by atoms with Gasteiger partial charge in [0.2, 0.25) is 10.0 Å². The summed E-state index contributed by atoms with van der Waals surface area (Å²) < 4.78 is 34.8. The Balaban J connectivity index is 2.60. The van der Waals surface area contributed by atoms with Crippen molar-refractivity contribution in [2.45, 2.75) is 20.0 Å². The minimum absolute atomic E-state index is 0.00739. The summed E-state index contributed by atoms with van der Waals surface area (Å²) in [6, 6.07) is 2.89. The number of esters is 1. The van der Waals surface area contributed by atoms with Crippen LogP contribution in [-0.2, 0) is 30.9 Å². The van der Waals surface area contributed by atoms with Crippen molar-refractivity contribution >= 4 is 21.9 Å². The van der Waals surface area contributed by atoms with Crippen LogP contribution < -0.4 is 4.72 Å². The summed E-state index contributed by atoms with van der Waals surface area (Å²) in [5.74, 6) is -1.40. The summed E-state index contributed by atoms with van der Waals surface area (Å²) in [5.41, 5.74) is 0.552. The largest absolute Gasteiger partial charge is 0.459 e.